The third-order valence-electron chi connectivity index (χ3n) is 1.06. The fraction of sp³-hybridized carbons (Fsp3) is 0.111. The van der Waals surface area contributed by atoms with Gasteiger partial charge in [-0.1, -0.05) is 30.4 Å². The maximum Gasteiger partial charge on any atom is 0.248 e. The molecular formula is C9H12N2OS. The van der Waals surface area contributed by atoms with E-state index in [0.29, 0.717) is 10.6 Å². The minimum Gasteiger partial charge on any atom is -0.394 e. The van der Waals surface area contributed by atoms with Crippen molar-refractivity contribution in [1.29, 1.82) is 0 Å². The Hall–Kier alpha value is -1.42. The molecule has 0 heterocycles. The largest absolute Gasteiger partial charge is 0.394 e. The maximum atomic E-state index is 10.4. The third kappa shape index (κ3) is 6.96. The van der Waals surface area contributed by atoms with Gasteiger partial charge in [-0.3, -0.25) is 4.79 Å². The standard InChI is InChI=1S/C7H7NO.C2H5NS/c8-7(9)6-4-2-1-3-5-6;1-2(3)4/h1-5H,(H2,8,9);1H3,(H2,3,4). The minimum absolute atomic E-state index is 0.379. The third-order valence-corrected chi connectivity index (χ3v) is 1.06. The number of thiocarbonyl (C=S) groups is 1. The van der Waals surface area contributed by atoms with Gasteiger partial charge in [0.15, 0.2) is 0 Å². The van der Waals surface area contributed by atoms with Crippen LogP contribution in [-0.2, 0) is 0 Å². The van der Waals surface area contributed by atoms with Crippen LogP contribution >= 0.6 is 12.2 Å². The molecule has 0 saturated carbocycles. The lowest BCUT2D eigenvalue weighted by Crippen LogP contribution is -2.09. The van der Waals surface area contributed by atoms with Crippen LogP contribution in [0.2, 0.25) is 0 Å². The highest BCUT2D eigenvalue weighted by molar-refractivity contribution is 7.80. The van der Waals surface area contributed by atoms with Crippen LogP contribution in [0.5, 0.6) is 0 Å². The normalized spacial score (nSPS) is 8.08. The Morgan fingerprint density at radius 3 is 1.85 bits per heavy atom. The van der Waals surface area contributed by atoms with Gasteiger partial charge in [-0.05, 0) is 19.1 Å². The van der Waals surface area contributed by atoms with Crippen LogP contribution in [0.4, 0.5) is 0 Å². The van der Waals surface area contributed by atoms with E-state index in [1.54, 1.807) is 31.2 Å². The van der Waals surface area contributed by atoms with Crippen LogP contribution in [0.3, 0.4) is 0 Å². The summed E-state index contributed by atoms with van der Waals surface area (Å²) in [6.07, 6.45) is 0. The Bertz CT molecular complexity index is 281. The zero-order valence-corrected chi connectivity index (χ0v) is 8.17. The van der Waals surface area contributed by atoms with Crippen LogP contribution in [0, 0.1) is 0 Å². The van der Waals surface area contributed by atoms with E-state index in [4.69, 9.17) is 11.5 Å². The Morgan fingerprint density at radius 2 is 1.62 bits per heavy atom. The van der Waals surface area contributed by atoms with Gasteiger partial charge in [0.2, 0.25) is 5.91 Å². The highest BCUT2D eigenvalue weighted by atomic mass is 32.1. The first-order valence-electron chi connectivity index (χ1n) is 3.65. The van der Waals surface area contributed by atoms with Crippen molar-refractivity contribution in [3.8, 4) is 0 Å². The van der Waals surface area contributed by atoms with E-state index >= 15 is 0 Å². The molecule has 1 rings (SSSR count). The van der Waals surface area contributed by atoms with Crippen LogP contribution in [0.15, 0.2) is 30.3 Å². The molecule has 1 aromatic carbocycles. The number of nitrogens with two attached hydrogens (primary N) is 2. The van der Waals surface area contributed by atoms with E-state index in [1.165, 1.54) is 0 Å². The molecule has 3 nitrogen and oxygen atoms in total. The zero-order chi connectivity index (χ0) is 10.3. The number of benzene rings is 1. The fourth-order valence-corrected chi connectivity index (χ4v) is 0.602. The summed E-state index contributed by atoms with van der Waals surface area (Å²) < 4.78 is 0. The molecule has 0 aliphatic heterocycles. The quantitative estimate of drug-likeness (QED) is 0.660. The van der Waals surface area contributed by atoms with E-state index in [9.17, 15) is 4.79 Å². The number of hydrogen-bond donors (Lipinski definition) is 2. The molecule has 1 amide bonds. The van der Waals surface area contributed by atoms with Crippen molar-refractivity contribution in [3.05, 3.63) is 35.9 Å². The van der Waals surface area contributed by atoms with Gasteiger partial charge in [0.05, 0.1) is 4.99 Å². The van der Waals surface area contributed by atoms with Gasteiger partial charge in [0.25, 0.3) is 0 Å². The Balaban J connectivity index is 0.000000310. The van der Waals surface area contributed by atoms with Gasteiger partial charge in [-0.25, -0.2) is 0 Å². The minimum atomic E-state index is -0.379. The van der Waals surface area contributed by atoms with Crippen molar-refractivity contribution < 1.29 is 4.79 Å². The van der Waals surface area contributed by atoms with Crippen LogP contribution < -0.4 is 11.5 Å². The molecule has 70 valence electrons. The molecule has 0 bridgehead atoms. The highest BCUT2D eigenvalue weighted by Gasteiger charge is 1.93. The van der Waals surface area contributed by atoms with Crippen LogP contribution in [-0.4, -0.2) is 10.9 Å². The van der Waals surface area contributed by atoms with Crippen molar-refractivity contribution in [2.24, 2.45) is 11.5 Å². The van der Waals surface area contributed by atoms with E-state index < -0.39 is 0 Å². The Kier molecular flexibility index (Phi) is 5.47. The number of primary amides is 1. The fourth-order valence-electron chi connectivity index (χ4n) is 0.602. The molecule has 0 aliphatic carbocycles. The molecule has 0 fully saturated rings. The second kappa shape index (κ2) is 6.14. The van der Waals surface area contributed by atoms with Gasteiger partial charge in [0.1, 0.15) is 0 Å². The summed E-state index contributed by atoms with van der Waals surface area (Å²) in [7, 11) is 0. The summed E-state index contributed by atoms with van der Waals surface area (Å²) in [5.74, 6) is -0.379. The first-order chi connectivity index (χ1) is 6.04. The lowest BCUT2D eigenvalue weighted by molar-refractivity contribution is 0.100. The zero-order valence-electron chi connectivity index (χ0n) is 7.36. The van der Waals surface area contributed by atoms with Crippen molar-refractivity contribution in [2.45, 2.75) is 6.92 Å². The summed E-state index contributed by atoms with van der Waals surface area (Å²) in [6, 6.07) is 8.76. The number of carbonyl (C=O) groups is 1. The SMILES string of the molecule is CC(N)=S.NC(=O)c1ccccc1. The van der Waals surface area contributed by atoms with Gasteiger partial charge in [-0.2, -0.15) is 0 Å². The molecule has 0 unspecified atom stereocenters. The first-order valence-corrected chi connectivity index (χ1v) is 4.05. The number of amides is 1. The highest BCUT2D eigenvalue weighted by Crippen LogP contribution is 1.94. The molecule has 0 aromatic heterocycles. The number of hydrogen-bond acceptors (Lipinski definition) is 2. The summed E-state index contributed by atoms with van der Waals surface area (Å²) in [5.41, 5.74) is 10.4. The van der Waals surface area contributed by atoms with Crippen molar-refractivity contribution in [2.75, 3.05) is 0 Å². The summed E-state index contributed by atoms with van der Waals surface area (Å²) in [4.78, 5) is 10.9. The molecule has 0 radical (unpaired) electrons. The predicted octanol–water partition coefficient (Wildman–Crippen LogP) is 1.08. The Morgan fingerprint density at radius 1 is 1.23 bits per heavy atom. The monoisotopic (exact) mass is 196 g/mol. The summed E-state index contributed by atoms with van der Waals surface area (Å²) >= 11 is 4.31. The summed E-state index contributed by atoms with van der Waals surface area (Å²) in [6.45, 7) is 1.68. The van der Waals surface area contributed by atoms with Gasteiger partial charge in [0, 0.05) is 5.56 Å². The van der Waals surface area contributed by atoms with E-state index in [0.717, 1.165) is 0 Å². The number of rotatable bonds is 1. The second-order valence-corrected chi connectivity index (χ2v) is 2.98. The topological polar surface area (TPSA) is 69.1 Å². The number of carbonyl (C=O) groups excluding carboxylic acids is 1. The van der Waals surface area contributed by atoms with Gasteiger partial charge >= 0.3 is 0 Å². The van der Waals surface area contributed by atoms with Gasteiger partial charge in [-0.15, -0.1) is 0 Å². The second-order valence-electron chi connectivity index (χ2n) is 2.34. The summed E-state index contributed by atoms with van der Waals surface area (Å²) in [5, 5.41) is 0. The molecule has 4 N–H and O–H groups in total. The average Bonchev–Trinajstić information content (AvgIpc) is 2.05. The molecule has 0 aliphatic rings. The lowest BCUT2D eigenvalue weighted by Gasteiger charge is -1.89. The molecule has 4 heteroatoms. The van der Waals surface area contributed by atoms with Crippen LogP contribution in [0.25, 0.3) is 0 Å². The molecule has 0 spiro atoms. The van der Waals surface area contributed by atoms with E-state index in [2.05, 4.69) is 12.2 Å². The Labute approximate surface area is 82.7 Å². The predicted molar refractivity (Wildman–Crippen MR) is 57.4 cm³/mol. The average molecular weight is 196 g/mol. The molecular weight excluding hydrogens is 184 g/mol. The molecule has 0 saturated heterocycles. The lowest BCUT2D eigenvalue weighted by atomic mass is 10.2. The van der Waals surface area contributed by atoms with E-state index in [-0.39, 0.29) is 5.91 Å². The van der Waals surface area contributed by atoms with Gasteiger partial charge < -0.3 is 11.5 Å². The van der Waals surface area contributed by atoms with E-state index in [1.807, 2.05) is 6.07 Å². The maximum absolute atomic E-state index is 10.4. The van der Waals surface area contributed by atoms with Crippen molar-refractivity contribution >= 4 is 23.1 Å². The molecule has 1 aromatic rings. The molecule has 13 heavy (non-hydrogen) atoms. The van der Waals surface area contributed by atoms with Crippen LogP contribution in [0.1, 0.15) is 17.3 Å². The van der Waals surface area contributed by atoms with Crippen molar-refractivity contribution in [1.82, 2.24) is 0 Å². The smallest absolute Gasteiger partial charge is 0.248 e. The molecule has 0 atom stereocenters. The first kappa shape index (κ1) is 11.6. The van der Waals surface area contributed by atoms with Crippen molar-refractivity contribution in [3.63, 3.8) is 0 Å².